The van der Waals surface area contributed by atoms with Crippen molar-refractivity contribution < 1.29 is 0 Å². The highest BCUT2D eigenvalue weighted by molar-refractivity contribution is 6.07. The van der Waals surface area contributed by atoms with Crippen LogP contribution in [0.1, 0.15) is 18.5 Å². The van der Waals surface area contributed by atoms with E-state index in [0.717, 1.165) is 48.2 Å². The minimum Gasteiger partial charge on any atom is -0.387 e. The SMILES string of the molecule is N=C/C(=C\NC1CCNCC1)c1cnc2ccccc2n1. The molecule has 0 spiro atoms. The number of allylic oxidation sites excluding steroid dienone is 1. The Bertz CT molecular complexity index is 659. The minimum absolute atomic E-state index is 0.467. The van der Waals surface area contributed by atoms with Crippen molar-refractivity contribution >= 4 is 22.8 Å². The fraction of sp³-hybridized carbons (Fsp3) is 0.312. The molecule has 5 nitrogen and oxygen atoms in total. The Morgan fingerprint density at radius 1 is 1.24 bits per heavy atom. The van der Waals surface area contributed by atoms with Gasteiger partial charge in [0.15, 0.2) is 0 Å². The molecule has 1 fully saturated rings. The first-order chi connectivity index (χ1) is 10.4. The number of rotatable bonds is 4. The molecule has 0 unspecified atom stereocenters. The number of aromatic nitrogens is 2. The lowest BCUT2D eigenvalue weighted by Gasteiger charge is -2.23. The first-order valence-electron chi connectivity index (χ1n) is 7.26. The van der Waals surface area contributed by atoms with Crippen LogP contribution in [0, 0.1) is 5.41 Å². The summed E-state index contributed by atoms with van der Waals surface area (Å²) in [5.74, 6) is 0. The summed E-state index contributed by atoms with van der Waals surface area (Å²) in [5, 5.41) is 14.3. The van der Waals surface area contributed by atoms with Crippen LogP contribution in [0.5, 0.6) is 0 Å². The average Bonchev–Trinajstić information content (AvgIpc) is 2.56. The molecule has 5 heteroatoms. The number of para-hydroxylation sites is 2. The number of hydrogen-bond donors (Lipinski definition) is 3. The Morgan fingerprint density at radius 3 is 2.76 bits per heavy atom. The molecule has 0 bridgehead atoms. The van der Waals surface area contributed by atoms with Gasteiger partial charge in [-0.3, -0.25) is 4.98 Å². The zero-order valence-corrected chi connectivity index (χ0v) is 11.8. The van der Waals surface area contributed by atoms with E-state index in [4.69, 9.17) is 5.41 Å². The second kappa shape index (κ2) is 6.45. The van der Waals surface area contributed by atoms with Crippen molar-refractivity contribution in [2.75, 3.05) is 13.1 Å². The summed E-state index contributed by atoms with van der Waals surface area (Å²) in [5.41, 5.74) is 3.21. The third kappa shape index (κ3) is 3.25. The standard InChI is InChI=1S/C16H19N5/c17-9-12(10-19-13-5-7-18-8-6-13)16-11-20-14-3-1-2-4-15(14)21-16/h1-4,9-11,13,17-19H,5-8H2/b12-10+,17-9?. The van der Waals surface area contributed by atoms with Crippen molar-refractivity contribution in [3.8, 4) is 0 Å². The fourth-order valence-electron chi connectivity index (χ4n) is 2.48. The van der Waals surface area contributed by atoms with Gasteiger partial charge in [0.1, 0.15) is 0 Å². The molecule has 1 aromatic heterocycles. The van der Waals surface area contributed by atoms with E-state index in [9.17, 15) is 0 Å². The summed E-state index contributed by atoms with van der Waals surface area (Å²) in [4.78, 5) is 8.98. The predicted molar refractivity (Wildman–Crippen MR) is 85.3 cm³/mol. The first-order valence-corrected chi connectivity index (χ1v) is 7.26. The molecule has 0 radical (unpaired) electrons. The molecule has 3 rings (SSSR count). The molecule has 21 heavy (non-hydrogen) atoms. The number of nitrogens with zero attached hydrogens (tertiary/aromatic N) is 2. The molecule has 0 aliphatic carbocycles. The van der Waals surface area contributed by atoms with Gasteiger partial charge < -0.3 is 16.0 Å². The lowest BCUT2D eigenvalue weighted by Crippen LogP contribution is -2.37. The van der Waals surface area contributed by atoms with E-state index in [1.165, 1.54) is 6.21 Å². The van der Waals surface area contributed by atoms with E-state index in [1.807, 2.05) is 30.5 Å². The second-order valence-corrected chi connectivity index (χ2v) is 5.18. The van der Waals surface area contributed by atoms with Gasteiger partial charge in [-0.1, -0.05) is 12.1 Å². The van der Waals surface area contributed by atoms with Gasteiger partial charge in [0.05, 0.1) is 22.9 Å². The van der Waals surface area contributed by atoms with Crippen molar-refractivity contribution in [3.63, 3.8) is 0 Å². The number of nitrogens with one attached hydrogen (secondary N) is 3. The smallest absolute Gasteiger partial charge is 0.0922 e. The lowest BCUT2D eigenvalue weighted by molar-refractivity contribution is 0.420. The molecule has 1 aliphatic heterocycles. The maximum Gasteiger partial charge on any atom is 0.0922 e. The monoisotopic (exact) mass is 281 g/mol. The highest BCUT2D eigenvalue weighted by Crippen LogP contribution is 2.14. The highest BCUT2D eigenvalue weighted by atomic mass is 15.0. The molecular formula is C16H19N5. The van der Waals surface area contributed by atoms with E-state index in [-0.39, 0.29) is 0 Å². The molecule has 1 saturated heterocycles. The van der Waals surface area contributed by atoms with Crippen molar-refractivity contribution in [3.05, 3.63) is 42.4 Å². The zero-order valence-electron chi connectivity index (χ0n) is 11.8. The van der Waals surface area contributed by atoms with E-state index in [0.29, 0.717) is 6.04 Å². The van der Waals surface area contributed by atoms with Crippen LogP contribution in [0.3, 0.4) is 0 Å². The third-order valence-electron chi connectivity index (χ3n) is 3.71. The van der Waals surface area contributed by atoms with Crippen molar-refractivity contribution in [2.45, 2.75) is 18.9 Å². The molecule has 1 aromatic carbocycles. The molecule has 2 aromatic rings. The summed E-state index contributed by atoms with van der Waals surface area (Å²) < 4.78 is 0. The Labute approximate surface area is 124 Å². The molecular weight excluding hydrogens is 262 g/mol. The van der Waals surface area contributed by atoms with Gasteiger partial charge in [-0.15, -0.1) is 0 Å². The Kier molecular flexibility index (Phi) is 4.21. The van der Waals surface area contributed by atoms with E-state index >= 15 is 0 Å². The van der Waals surface area contributed by atoms with Crippen molar-refractivity contribution in [2.24, 2.45) is 0 Å². The van der Waals surface area contributed by atoms with Gasteiger partial charge in [0.25, 0.3) is 0 Å². The van der Waals surface area contributed by atoms with Gasteiger partial charge in [-0.05, 0) is 38.1 Å². The van der Waals surface area contributed by atoms with Crippen LogP contribution in [0.25, 0.3) is 16.6 Å². The van der Waals surface area contributed by atoms with Crippen LogP contribution < -0.4 is 10.6 Å². The Morgan fingerprint density at radius 2 is 2.00 bits per heavy atom. The van der Waals surface area contributed by atoms with Gasteiger partial charge in [-0.2, -0.15) is 0 Å². The van der Waals surface area contributed by atoms with E-state index in [1.54, 1.807) is 6.20 Å². The fourth-order valence-corrected chi connectivity index (χ4v) is 2.48. The first kappa shape index (κ1) is 13.7. The topological polar surface area (TPSA) is 73.7 Å². The summed E-state index contributed by atoms with van der Waals surface area (Å²) in [7, 11) is 0. The predicted octanol–water partition coefficient (Wildman–Crippen LogP) is 1.96. The number of fused-ring (bicyclic) bond motifs is 1. The molecule has 0 amide bonds. The summed E-state index contributed by atoms with van der Waals surface area (Å²) in [6.45, 7) is 2.09. The van der Waals surface area contributed by atoms with Crippen LogP contribution in [-0.4, -0.2) is 35.3 Å². The normalized spacial score (nSPS) is 16.9. The number of piperidine rings is 1. The molecule has 0 atom stereocenters. The zero-order chi connectivity index (χ0) is 14.5. The number of benzene rings is 1. The van der Waals surface area contributed by atoms with Crippen LogP contribution in [0.15, 0.2) is 36.7 Å². The molecule has 108 valence electrons. The Balaban J connectivity index is 1.81. The minimum atomic E-state index is 0.467. The lowest BCUT2D eigenvalue weighted by atomic mass is 10.1. The van der Waals surface area contributed by atoms with Crippen LogP contribution in [0.4, 0.5) is 0 Å². The van der Waals surface area contributed by atoms with E-state index < -0.39 is 0 Å². The van der Waals surface area contributed by atoms with Crippen LogP contribution in [0.2, 0.25) is 0 Å². The summed E-state index contributed by atoms with van der Waals surface area (Å²) in [6.07, 6.45) is 7.15. The third-order valence-corrected chi connectivity index (χ3v) is 3.71. The van der Waals surface area contributed by atoms with Gasteiger partial charge in [-0.25, -0.2) is 4.98 Å². The van der Waals surface area contributed by atoms with E-state index in [2.05, 4.69) is 20.6 Å². The Hall–Kier alpha value is -2.27. The molecule has 1 aliphatic rings. The van der Waals surface area contributed by atoms with Crippen molar-refractivity contribution in [1.29, 1.82) is 5.41 Å². The maximum atomic E-state index is 7.61. The van der Waals surface area contributed by atoms with Crippen LogP contribution in [-0.2, 0) is 0 Å². The highest BCUT2D eigenvalue weighted by Gasteiger charge is 2.11. The van der Waals surface area contributed by atoms with Gasteiger partial charge in [0.2, 0.25) is 0 Å². The van der Waals surface area contributed by atoms with Crippen LogP contribution >= 0.6 is 0 Å². The molecule has 0 saturated carbocycles. The van der Waals surface area contributed by atoms with Crippen molar-refractivity contribution in [1.82, 2.24) is 20.6 Å². The second-order valence-electron chi connectivity index (χ2n) is 5.18. The van der Waals surface area contributed by atoms with Gasteiger partial charge >= 0.3 is 0 Å². The summed E-state index contributed by atoms with van der Waals surface area (Å²) >= 11 is 0. The maximum absolute atomic E-state index is 7.61. The summed E-state index contributed by atoms with van der Waals surface area (Å²) in [6, 6.07) is 8.24. The van der Waals surface area contributed by atoms with Gasteiger partial charge in [0, 0.05) is 24.0 Å². The molecule has 3 N–H and O–H groups in total. The molecule has 2 heterocycles. The quantitative estimate of drug-likeness (QED) is 0.749. The largest absolute Gasteiger partial charge is 0.387 e. The average molecular weight is 281 g/mol. The number of hydrogen-bond acceptors (Lipinski definition) is 5.